The van der Waals surface area contributed by atoms with Crippen molar-refractivity contribution in [2.45, 2.75) is 0 Å². The summed E-state index contributed by atoms with van der Waals surface area (Å²) in [5, 5.41) is 0. The summed E-state index contributed by atoms with van der Waals surface area (Å²) in [5.74, 6) is 8.97. The topological polar surface area (TPSA) is 36.9 Å². The van der Waals surface area contributed by atoms with E-state index in [4.69, 9.17) is 18.9 Å². The molecule has 0 aromatic heterocycles. The van der Waals surface area contributed by atoms with Crippen molar-refractivity contribution in [3.05, 3.63) is 47.5 Å². The van der Waals surface area contributed by atoms with Gasteiger partial charge in [0, 0.05) is 12.1 Å². The molecule has 114 valence electrons. The van der Waals surface area contributed by atoms with Crippen LogP contribution in [0.2, 0.25) is 0 Å². The maximum absolute atomic E-state index is 5.34. The smallest absolute Gasteiger partial charge is 0.138 e. The molecular formula is C18H18O4. The van der Waals surface area contributed by atoms with Gasteiger partial charge in [0.25, 0.3) is 0 Å². The van der Waals surface area contributed by atoms with Gasteiger partial charge in [-0.1, -0.05) is 11.8 Å². The fourth-order valence-electron chi connectivity index (χ4n) is 1.94. The summed E-state index contributed by atoms with van der Waals surface area (Å²) in [6.07, 6.45) is 0. The molecule has 2 aromatic rings. The third kappa shape index (κ3) is 3.44. The van der Waals surface area contributed by atoms with Gasteiger partial charge in [0.05, 0.1) is 39.6 Å². The molecule has 4 nitrogen and oxygen atoms in total. The van der Waals surface area contributed by atoms with Crippen LogP contribution in [0.5, 0.6) is 23.0 Å². The van der Waals surface area contributed by atoms with E-state index < -0.39 is 0 Å². The summed E-state index contributed by atoms with van der Waals surface area (Å²) in [4.78, 5) is 0. The van der Waals surface area contributed by atoms with Crippen molar-refractivity contribution in [2.75, 3.05) is 28.4 Å². The van der Waals surface area contributed by atoms with Crippen LogP contribution in [0.3, 0.4) is 0 Å². The number of ether oxygens (including phenoxy) is 4. The summed E-state index contributed by atoms with van der Waals surface area (Å²) in [6, 6.07) is 11.0. The lowest BCUT2D eigenvalue weighted by Gasteiger charge is -2.07. The van der Waals surface area contributed by atoms with E-state index in [0.717, 1.165) is 22.6 Å². The molecule has 0 fully saturated rings. The van der Waals surface area contributed by atoms with Crippen LogP contribution in [0.1, 0.15) is 11.1 Å². The largest absolute Gasteiger partial charge is 0.497 e. The lowest BCUT2D eigenvalue weighted by molar-refractivity contribution is 0.393. The Morgan fingerprint density at radius 2 is 1.00 bits per heavy atom. The van der Waals surface area contributed by atoms with Gasteiger partial charge >= 0.3 is 0 Å². The number of methoxy groups -OCH3 is 4. The molecule has 0 bridgehead atoms. The lowest BCUT2D eigenvalue weighted by Crippen LogP contribution is -1.91. The number of rotatable bonds is 4. The van der Waals surface area contributed by atoms with Crippen LogP contribution in [0, 0.1) is 11.8 Å². The van der Waals surface area contributed by atoms with Crippen molar-refractivity contribution in [1.29, 1.82) is 0 Å². The molecule has 0 saturated carbocycles. The SMILES string of the molecule is COc1ccc(C#Cc2ccc(OC)cc2OC)c(OC)c1. The predicted molar refractivity (Wildman–Crippen MR) is 85.1 cm³/mol. The average molecular weight is 298 g/mol. The highest BCUT2D eigenvalue weighted by Crippen LogP contribution is 2.26. The first-order chi connectivity index (χ1) is 10.7. The Labute approximate surface area is 130 Å². The van der Waals surface area contributed by atoms with E-state index >= 15 is 0 Å². The second-order valence-corrected chi connectivity index (χ2v) is 4.38. The van der Waals surface area contributed by atoms with Gasteiger partial charge in [0.2, 0.25) is 0 Å². The molecule has 0 aliphatic rings. The van der Waals surface area contributed by atoms with Gasteiger partial charge in [-0.3, -0.25) is 0 Å². The van der Waals surface area contributed by atoms with Crippen LogP contribution in [0.4, 0.5) is 0 Å². The van der Waals surface area contributed by atoms with Gasteiger partial charge in [-0.2, -0.15) is 0 Å². The molecule has 2 rings (SSSR count). The number of hydrogen-bond acceptors (Lipinski definition) is 4. The highest BCUT2D eigenvalue weighted by molar-refractivity contribution is 5.56. The Bertz CT molecular complexity index is 651. The molecule has 2 aromatic carbocycles. The summed E-state index contributed by atoms with van der Waals surface area (Å²) >= 11 is 0. The van der Waals surface area contributed by atoms with Crippen molar-refractivity contribution in [3.8, 4) is 34.8 Å². The molecule has 0 heterocycles. The first-order valence-corrected chi connectivity index (χ1v) is 6.68. The molecule has 0 atom stereocenters. The maximum atomic E-state index is 5.34. The average Bonchev–Trinajstić information content (AvgIpc) is 2.59. The molecule has 0 aliphatic heterocycles. The quantitative estimate of drug-likeness (QED) is 0.813. The monoisotopic (exact) mass is 298 g/mol. The van der Waals surface area contributed by atoms with Crippen LogP contribution >= 0.6 is 0 Å². The van der Waals surface area contributed by atoms with Crippen molar-refractivity contribution < 1.29 is 18.9 Å². The van der Waals surface area contributed by atoms with Gasteiger partial charge in [0.1, 0.15) is 23.0 Å². The van der Waals surface area contributed by atoms with Crippen LogP contribution in [0.25, 0.3) is 0 Å². The second kappa shape index (κ2) is 7.28. The van der Waals surface area contributed by atoms with E-state index in [-0.39, 0.29) is 0 Å². The van der Waals surface area contributed by atoms with Crippen LogP contribution < -0.4 is 18.9 Å². The van der Waals surface area contributed by atoms with E-state index in [0.29, 0.717) is 11.5 Å². The van der Waals surface area contributed by atoms with E-state index in [1.165, 1.54) is 0 Å². The van der Waals surface area contributed by atoms with Crippen LogP contribution in [-0.2, 0) is 0 Å². The predicted octanol–water partition coefficient (Wildman–Crippen LogP) is 3.12. The molecule has 0 N–H and O–H groups in total. The van der Waals surface area contributed by atoms with Gasteiger partial charge in [-0.25, -0.2) is 0 Å². The summed E-state index contributed by atoms with van der Waals surface area (Å²) in [7, 11) is 6.44. The van der Waals surface area contributed by atoms with Crippen LogP contribution in [0.15, 0.2) is 36.4 Å². The van der Waals surface area contributed by atoms with Gasteiger partial charge < -0.3 is 18.9 Å². The highest BCUT2D eigenvalue weighted by atomic mass is 16.5. The zero-order valence-electron chi connectivity index (χ0n) is 13.1. The molecule has 0 amide bonds. The van der Waals surface area contributed by atoms with Crippen molar-refractivity contribution in [3.63, 3.8) is 0 Å². The number of hydrogen-bond donors (Lipinski definition) is 0. The van der Waals surface area contributed by atoms with Gasteiger partial charge in [-0.05, 0) is 24.3 Å². The van der Waals surface area contributed by atoms with Crippen molar-refractivity contribution in [2.24, 2.45) is 0 Å². The maximum Gasteiger partial charge on any atom is 0.138 e. The zero-order chi connectivity index (χ0) is 15.9. The Balaban J connectivity index is 2.38. The zero-order valence-corrected chi connectivity index (χ0v) is 13.1. The van der Waals surface area contributed by atoms with E-state index in [2.05, 4.69) is 11.8 Å². The summed E-state index contributed by atoms with van der Waals surface area (Å²) in [6.45, 7) is 0. The standard InChI is InChI=1S/C18H18O4/c1-19-15-9-7-13(17(11-15)21-3)5-6-14-8-10-16(20-2)12-18(14)22-4/h7-12H,1-4H3. The molecule has 22 heavy (non-hydrogen) atoms. The Morgan fingerprint density at radius 3 is 1.32 bits per heavy atom. The molecule has 4 heteroatoms. The molecule has 0 radical (unpaired) electrons. The van der Waals surface area contributed by atoms with E-state index in [1.807, 2.05) is 24.3 Å². The Morgan fingerprint density at radius 1 is 0.591 bits per heavy atom. The summed E-state index contributed by atoms with van der Waals surface area (Å²) < 4.78 is 21.0. The lowest BCUT2D eigenvalue weighted by atomic mass is 10.1. The normalized spacial score (nSPS) is 9.45. The number of benzene rings is 2. The van der Waals surface area contributed by atoms with Crippen molar-refractivity contribution >= 4 is 0 Å². The molecule has 0 spiro atoms. The minimum atomic E-state index is 0.666. The first kappa shape index (κ1) is 15.6. The van der Waals surface area contributed by atoms with E-state index in [1.54, 1.807) is 40.6 Å². The fourth-order valence-corrected chi connectivity index (χ4v) is 1.94. The highest BCUT2D eigenvalue weighted by Gasteiger charge is 2.04. The third-order valence-corrected chi connectivity index (χ3v) is 3.15. The fraction of sp³-hybridized carbons (Fsp3) is 0.222. The summed E-state index contributed by atoms with van der Waals surface area (Å²) in [5.41, 5.74) is 1.56. The van der Waals surface area contributed by atoms with Crippen LogP contribution in [-0.4, -0.2) is 28.4 Å². The Kier molecular flexibility index (Phi) is 5.16. The second-order valence-electron chi connectivity index (χ2n) is 4.38. The molecule has 0 saturated heterocycles. The minimum Gasteiger partial charge on any atom is -0.497 e. The molecular weight excluding hydrogens is 280 g/mol. The molecule has 0 unspecified atom stereocenters. The molecule has 0 aliphatic carbocycles. The third-order valence-electron chi connectivity index (χ3n) is 3.15. The van der Waals surface area contributed by atoms with Gasteiger partial charge in [0.15, 0.2) is 0 Å². The first-order valence-electron chi connectivity index (χ1n) is 6.68. The van der Waals surface area contributed by atoms with Crippen molar-refractivity contribution in [1.82, 2.24) is 0 Å². The Hall–Kier alpha value is -2.80. The van der Waals surface area contributed by atoms with E-state index in [9.17, 15) is 0 Å². The minimum absolute atomic E-state index is 0.666. The van der Waals surface area contributed by atoms with Gasteiger partial charge in [-0.15, -0.1) is 0 Å².